The van der Waals surface area contributed by atoms with E-state index in [1.807, 2.05) is 0 Å². The summed E-state index contributed by atoms with van der Waals surface area (Å²) in [5.74, 6) is 0. The Bertz CT molecular complexity index is 301. The summed E-state index contributed by atoms with van der Waals surface area (Å²) in [5, 5.41) is 0.570. The molecule has 0 fully saturated rings. The van der Waals surface area contributed by atoms with Gasteiger partial charge in [-0.15, -0.1) is 0 Å². The molecule has 0 unspecified atom stereocenters. The first-order valence-corrected chi connectivity index (χ1v) is 3.51. The van der Waals surface area contributed by atoms with Gasteiger partial charge in [-0.05, 0) is 11.6 Å². The molecule has 56 valence electrons. The van der Waals surface area contributed by atoms with Crippen molar-refractivity contribution < 1.29 is 0 Å². The Hall–Kier alpha value is -1.04. The molecule has 0 aliphatic rings. The maximum Gasteiger partial charge on any atom is 0.188 e. The highest BCUT2D eigenvalue weighted by atomic mass is 35.5. The normalized spacial score (nSPS) is 9.18. The van der Waals surface area contributed by atoms with E-state index >= 15 is 0 Å². The summed E-state index contributed by atoms with van der Waals surface area (Å²) in [6.45, 7) is 7.12. The van der Waals surface area contributed by atoms with Crippen molar-refractivity contribution >= 4 is 17.3 Å². The van der Waals surface area contributed by atoms with Crippen molar-refractivity contribution in [3.05, 3.63) is 40.2 Å². The highest BCUT2D eigenvalue weighted by Crippen LogP contribution is 2.22. The molecule has 0 saturated heterocycles. The molecule has 0 spiro atoms. The molecule has 0 atom stereocenters. The molecule has 1 aromatic rings. The first-order chi connectivity index (χ1) is 5.27. The Kier molecular flexibility index (Phi) is 2.48. The zero-order chi connectivity index (χ0) is 8.27. The second kappa shape index (κ2) is 3.38. The van der Waals surface area contributed by atoms with Gasteiger partial charge in [0.1, 0.15) is 0 Å². The number of hydrogen-bond donors (Lipinski definition) is 1. The van der Waals surface area contributed by atoms with Crippen LogP contribution in [0.5, 0.6) is 0 Å². The molecule has 0 heterocycles. The quantitative estimate of drug-likeness (QED) is 0.638. The van der Waals surface area contributed by atoms with Gasteiger partial charge in [-0.3, -0.25) is 0 Å². The van der Waals surface area contributed by atoms with Gasteiger partial charge in [-0.25, -0.2) is 4.85 Å². The molecular formula is C8H7ClN2. The number of nitrogens with zero attached hydrogens (tertiary/aromatic N) is 1. The van der Waals surface area contributed by atoms with Crippen molar-refractivity contribution in [2.45, 2.75) is 6.54 Å². The van der Waals surface area contributed by atoms with E-state index in [4.69, 9.17) is 23.9 Å². The first kappa shape index (κ1) is 8.06. The summed E-state index contributed by atoms with van der Waals surface area (Å²) < 4.78 is 0. The third-order valence-electron chi connectivity index (χ3n) is 1.39. The first-order valence-electron chi connectivity index (χ1n) is 3.14. The lowest BCUT2D eigenvalue weighted by atomic mass is 10.2. The summed E-state index contributed by atoms with van der Waals surface area (Å²) >= 11 is 5.78. The van der Waals surface area contributed by atoms with Crippen LogP contribution in [0.25, 0.3) is 4.85 Å². The van der Waals surface area contributed by atoms with Gasteiger partial charge in [0.15, 0.2) is 5.69 Å². The van der Waals surface area contributed by atoms with Crippen LogP contribution in [0.2, 0.25) is 5.02 Å². The Labute approximate surface area is 70.4 Å². The van der Waals surface area contributed by atoms with E-state index in [0.717, 1.165) is 5.56 Å². The molecule has 1 rings (SSSR count). The van der Waals surface area contributed by atoms with Gasteiger partial charge in [-0.2, -0.15) is 0 Å². The van der Waals surface area contributed by atoms with Gasteiger partial charge in [0.2, 0.25) is 0 Å². The molecule has 2 N–H and O–H groups in total. The predicted molar refractivity (Wildman–Crippen MR) is 45.6 cm³/mol. The number of hydrogen-bond acceptors (Lipinski definition) is 1. The molecule has 1 aromatic carbocycles. The molecule has 0 aliphatic heterocycles. The lowest BCUT2D eigenvalue weighted by Gasteiger charge is -1.99. The number of halogens is 1. The van der Waals surface area contributed by atoms with Crippen molar-refractivity contribution in [1.82, 2.24) is 0 Å². The topological polar surface area (TPSA) is 30.4 Å². The van der Waals surface area contributed by atoms with E-state index in [1.165, 1.54) is 0 Å². The smallest absolute Gasteiger partial charge is 0.188 e. The Morgan fingerprint density at radius 1 is 1.55 bits per heavy atom. The third-order valence-corrected chi connectivity index (χ3v) is 1.74. The SMILES string of the molecule is [C-]#[N+]c1ccc(CN)c(Cl)c1. The highest BCUT2D eigenvalue weighted by molar-refractivity contribution is 6.31. The fourth-order valence-corrected chi connectivity index (χ4v) is 1.02. The van der Waals surface area contributed by atoms with Crippen LogP contribution < -0.4 is 5.73 Å². The minimum Gasteiger partial charge on any atom is -0.326 e. The lowest BCUT2D eigenvalue weighted by molar-refractivity contribution is 1.07. The predicted octanol–water partition coefficient (Wildman–Crippen LogP) is 2.35. The molecule has 11 heavy (non-hydrogen) atoms. The molecule has 0 aliphatic carbocycles. The van der Waals surface area contributed by atoms with Crippen molar-refractivity contribution in [3.8, 4) is 0 Å². The summed E-state index contributed by atoms with van der Waals surface area (Å²) in [6.07, 6.45) is 0. The average molecular weight is 167 g/mol. The Balaban J connectivity index is 3.12. The van der Waals surface area contributed by atoms with Crippen LogP contribution >= 0.6 is 11.6 Å². The maximum atomic E-state index is 6.70. The van der Waals surface area contributed by atoms with Crippen LogP contribution in [0.3, 0.4) is 0 Å². The van der Waals surface area contributed by atoms with E-state index in [1.54, 1.807) is 18.2 Å². The second-order valence-electron chi connectivity index (χ2n) is 2.09. The van der Waals surface area contributed by atoms with Gasteiger partial charge < -0.3 is 5.73 Å². The van der Waals surface area contributed by atoms with Gasteiger partial charge in [0, 0.05) is 11.6 Å². The largest absolute Gasteiger partial charge is 0.326 e. The molecule has 0 bridgehead atoms. The minimum atomic E-state index is 0.414. The molecule has 0 aromatic heterocycles. The van der Waals surface area contributed by atoms with Gasteiger partial charge >= 0.3 is 0 Å². The van der Waals surface area contributed by atoms with Gasteiger partial charge in [0.25, 0.3) is 0 Å². The minimum absolute atomic E-state index is 0.414. The molecule has 3 heteroatoms. The van der Waals surface area contributed by atoms with Crippen molar-refractivity contribution in [3.63, 3.8) is 0 Å². The molecule has 0 radical (unpaired) electrons. The average Bonchev–Trinajstić information content (AvgIpc) is 2.04. The summed E-state index contributed by atoms with van der Waals surface area (Å²) in [5.41, 5.74) is 6.80. The van der Waals surface area contributed by atoms with E-state index in [0.29, 0.717) is 17.3 Å². The third kappa shape index (κ3) is 1.70. The van der Waals surface area contributed by atoms with Crippen molar-refractivity contribution in [1.29, 1.82) is 0 Å². The monoisotopic (exact) mass is 166 g/mol. The summed E-state index contributed by atoms with van der Waals surface area (Å²) in [7, 11) is 0. The van der Waals surface area contributed by atoms with Crippen LogP contribution in [0.1, 0.15) is 5.56 Å². The van der Waals surface area contributed by atoms with Gasteiger partial charge in [0.05, 0.1) is 6.57 Å². The fraction of sp³-hybridized carbons (Fsp3) is 0.125. The van der Waals surface area contributed by atoms with Crippen molar-refractivity contribution in [2.24, 2.45) is 5.73 Å². The summed E-state index contributed by atoms with van der Waals surface area (Å²) in [4.78, 5) is 3.23. The van der Waals surface area contributed by atoms with Crippen LogP contribution in [-0.4, -0.2) is 0 Å². The summed E-state index contributed by atoms with van der Waals surface area (Å²) in [6, 6.07) is 5.10. The number of benzene rings is 1. The van der Waals surface area contributed by atoms with Crippen LogP contribution in [0, 0.1) is 6.57 Å². The zero-order valence-electron chi connectivity index (χ0n) is 5.84. The Morgan fingerprint density at radius 2 is 2.27 bits per heavy atom. The number of rotatable bonds is 1. The maximum absolute atomic E-state index is 6.70. The second-order valence-corrected chi connectivity index (χ2v) is 2.50. The molecular weight excluding hydrogens is 160 g/mol. The molecule has 2 nitrogen and oxygen atoms in total. The van der Waals surface area contributed by atoms with E-state index in [-0.39, 0.29) is 0 Å². The van der Waals surface area contributed by atoms with Crippen LogP contribution in [-0.2, 0) is 6.54 Å². The van der Waals surface area contributed by atoms with Crippen molar-refractivity contribution in [2.75, 3.05) is 0 Å². The fourth-order valence-electron chi connectivity index (χ4n) is 0.771. The van der Waals surface area contributed by atoms with E-state index < -0.39 is 0 Å². The highest BCUT2D eigenvalue weighted by Gasteiger charge is 1.98. The molecule has 0 amide bonds. The van der Waals surface area contributed by atoms with Crippen LogP contribution in [0.4, 0.5) is 5.69 Å². The van der Waals surface area contributed by atoms with E-state index in [2.05, 4.69) is 4.85 Å². The van der Waals surface area contributed by atoms with E-state index in [9.17, 15) is 0 Å². The standard InChI is InChI=1S/C8H7ClN2/c1-11-7-3-2-6(5-10)8(9)4-7/h2-4H,5,10H2. The zero-order valence-corrected chi connectivity index (χ0v) is 6.60. The lowest BCUT2D eigenvalue weighted by Crippen LogP contribution is -1.95. The number of nitrogens with two attached hydrogens (primary N) is 1. The molecule has 0 saturated carbocycles. The van der Waals surface area contributed by atoms with Crippen LogP contribution in [0.15, 0.2) is 18.2 Å². The Morgan fingerprint density at radius 3 is 2.73 bits per heavy atom. The van der Waals surface area contributed by atoms with Gasteiger partial charge in [-0.1, -0.05) is 23.7 Å².